The standard InChI is InChI=1S/C11H15NO3/c13-8-4-7-12-11(15)10(14)9-5-2-1-3-6-9/h1-3,5-6,10,13-14H,4,7-8H2,(H,12,15). The zero-order valence-electron chi connectivity index (χ0n) is 8.39. The van der Waals surface area contributed by atoms with Gasteiger partial charge >= 0.3 is 0 Å². The number of aliphatic hydroxyl groups excluding tert-OH is 2. The molecule has 1 rings (SSSR count). The highest BCUT2D eigenvalue weighted by Gasteiger charge is 2.15. The molecule has 0 aromatic heterocycles. The Morgan fingerprint density at radius 1 is 1.33 bits per heavy atom. The van der Waals surface area contributed by atoms with Crippen molar-refractivity contribution in [1.29, 1.82) is 0 Å². The molecule has 0 spiro atoms. The van der Waals surface area contributed by atoms with Crippen LogP contribution < -0.4 is 5.32 Å². The molecule has 0 heterocycles. The second kappa shape index (κ2) is 6.16. The zero-order chi connectivity index (χ0) is 11.1. The molecule has 1 aromatic carbocycles. The maximum absolute atomic E-state index is 11.4. The third-order valence-electron chi connectivity index (χ3n) is 2.00. The van der Waals surface area contributed by atoms with Gasteiger partial charge in [0.25, 0.3) is 5.91 Å². The topological polar surface area (TPSA) is 69.6 Å². The lowest BCUT2D eigenvalue weighted by molar-refractivity contribution is -0.129. The van der Waals surface area contributed by atoms with E-state index in [1.165, 1.54) is 0 Å². The Bertz CT molecular complexity index is 300. The van der Waals surface area contributed by atoms with Gasteiger partial charge in [0, 0.05) is 13.2 Å². The van der Waals surface area contributed by atoms with Gasteiger partial charge in [0.2, 0.25) is 0 Å². The number of nitrogens with one attached hydrogen (secondary N) is 1. The minimum atomic E-state index is -1.13. The van der Waals surface area contributed by atoms with Crippen LogP contribution in [0, 0.1) is 0 Å². The number of carbonyl (C=O) groups excluding carboxylic acids is 1. The number of benzene rings is 1. The third kappa shape index (κ3) is 3.69. The van der Waals surface area contributed by atoms with Crippen molar-refractivity contribution in [1.82, 2.24) is 5.32 Å². The first-order chi connectivity index (χ1) is 7.25. The monoisotopic (exact) mass is 209 g/mol. The lowest BCUT2D eigenvalue weighted by Crippen LogP contribution is -2.30. The van der Waals surface area contributed by atoms with Crippen molar-refractivity contribution < 1.29 is 15.0 Å². The van der Waals surface area contributed by atoms with E-state index in [1.54, 1.807) is 24.3 Å². The average Bonchev–Trinajstić information content (AvgIpc) is 2.29. The van der Waals surface area contributed by atoms with Crippen LogP contribution in [0.4, 0.5) is 0 Å². The fraction of sp³-hybridized carbons (Fsp3) is 0.364. The molecular weight excluding hydrogens is 194 g/mol. The summed E-state index contributed by atoms with van der Waals surface area (Å²) < 4.78 is 0. The van der Waals surface area contributed by atoms with Gasteiger partial charge in [0.1, 0.15) is 0 Å². The average molecular weight is 209 g/mol. The molecule has 3 N–H and O–H groups in total. The molecule has 15 heavy (non-hydrogen) atoms. The molecule has 1 atom stereocenters. The molecular formula is C11H15NO3. The predicted molar refractivity (Wildman–Crippen MR) is 56.1 cm³/mol. The lowest BCUT2D eigenvalue weighted by Gasteiger charge is -2.10. The van der Waals surface area contributed by atoms with Crippen molar-refractivity contribution in [3.8, 4) is 0 Å². The van der Waals surface area contributed by atoms with E-state index in [0.29, 0.717) is 18.5 Å². The van der Waals surface area contributed by atoms with Gasteiger partial charge in [-0.05, 0) is 12.0 Å². The van der Waals surface area contributed by atoms with E-state index in [9.17, 15) is 9.90 Å². The Kier molecular flexibility index (Phi) is 4.80. The van der Waals surface area contributed by atoms with Crippen molar-refractivity contribution in [3.05, 3.63) is 35.9 Å². The largest absolute Gasteiger partial charge is 0.396 e. The van der Waals surface area contributed by atoms with E-state index in [1.807, 2.05) is 6.07 Å². The number of carbonyl (C=O) groups is 1. The van der Waals surface area contributed by atoms with E-state index < -0.39 is 12.0 Å². The molecule has 0 aliphatic rings. The zero-order valence-corrected chi connectivity index (χ0v) is 8.39. The molecule has 0 saturated heterocycles. The van der Waals surface area contributed by atoms with Gasteiger partial charge in [-0.1, -0.05) is 30.3 Å². The Morgan fingerprint density at radius 2 is 2.00 bits per heavy atom. The Morgan fingerprint density at radius 3 is 2.60 bits per heavy atom. The third-order valence-corrected chi connectivity index (χ3v) is 2.00. The number of amides is 1. The first-order valence-electron chi connectivity index (χ1n) is 4.87. The van der Waals surface area contributed by atoms with Crippen LogP contribution in [0.25, 0.3) is 0 Å². The maximum atomic E-state index is 11.4. The van der Waals surface area contributed by atoms with Crippen LogP contribution in [0.3, 0.4) is 0 Å². The van der Waals surface area contributed by atoms with E-state index in [2.05, 4.69) is 5.32 Å². The number of rotatable bonds is 5. The summed E-state index contributed by atoms with van der Waals surface area (Å²) >= 11 is 0. The van der Waals surface area contributed by atoms with Crippen molar-refractivity contribution >= 4 is 5.91 Å². The normalized spacial score (nSPS) is 12.1. The highest BCUT2D eigenvalue weighted by molar-refractivity contribution is 5.81. The van der Waals surface area contributed by atoms with Gasteiger partial charge in [-0.25, -0.2) is 0 Å². The van der Waals surface area contributed by atoms with E-state index in [4.69, 9.17) is 5.11 Å². The van der Waals surface area contributed by atoms with Crippen LogP contribution in [0.5, 0.6) is 0 Å². The van der Waals surface area contributed by atoms with Crippen molar-refractivity contribution in [3.63, 3.8) is 0 Å². The summed E-state index contributed by atoms with van der Waals surface area (Å²) in [5, 5.41) is 20.7. The molecule has 4 nitrogen and oxygen atoms in total. The number of hydrogen-bond donors (Lipinski definition) is 3. The summed E-state index contributed by atoms with van der Waals surface area (Å²) in [5.74, 6) is -0.436. The molecule has 82 valence electrons. The van der Waals surface area contributed by atoms with Gasteiger partial charge in [-0.3, -0.25) is 4.79 Å². The van der Waals surface area contributed by atoms with Crippen LogP contribution in [0.1, 0.15) is 18.1 Å². The fourth-order valence-electron chi connectivity index (χ4n) is 1.17. The lowest BCUT2D eigenvalue weighted by atomic mass is 10.1. The summed E-state index contributed by atoms with van der Waals surface area (Å²) in [6.07, 6.45) is -0.641. The second-order valence-electron chi connectivity index (χ2n) is 3.18. The highest BCUT2D eigenvalue weighted by Crippen LogP contribution is 2.11. The Hall–Kier alpha value is -1.39. The van der Waals surface area contributed by atoms with Crippen molar-refractivity contribution in [2.24, 2.45) is 0 Å². The van der Waals surface area contributed by atoms with Gasteiger partial charge < -0.3 is 15.5 Å². The summed E-state index contributed by atoms with van der Waals surface area (Å²) in [7, 11) is 0. The van der Waals surface area contributed by atoms with Gasteiger partial charge in [0.05, 0.1) is 0 Å². The molecule has 0 radical (unpaired) electrons. The van der Waals surface area contributed by atoms with Crippen LogP contribution >= 0.6 is 0 Å². The van der Waals surface area contributed by atoms with Crippen LogP contribution in [-0.2, 0) is 4.79 Å². The van der Waals surface area contributed by atoms with Crippen molar-refractivity contribution in [2.75, 3.05) is 13.2 Å². The summed E-state index contributed by atoms with van der Waals surface area (Å²) in [6.45, 7) is 0.404. The van der Waals surface area contributed by atoms with E-state index in [0.717, 1.165) is 0 Å². The van der Waals surface area contributed by atoms with E-state index in [-0.39, 0.29) is 6.61 Å². The Balaban J connectivity index is 2.46. The summed E-state index contributed by atoms with van der Waals surface area (Å²) in [4.78, 5) is 11.4. The molecule has 1 aromatic rings. The molecule has 1 amide bonds. The van der Waals surface area contributed by atoms with Crippen molar-refractivity contribution in [2.45, 2.75) is 12.5 Å². The fourth-order valence-corrected chi connectivity index (χ4v) is 1.17. The molecule has 0 fully saturated rings. The quantitative estimate of drug-likeness (QED) is 0.607. The molecule has 0 bridgehead atoms. The Labute approximate surface area is 88.6 Å². The molecule has 4 heteroatoms. The second-order valence-corrected chi connectivity index (χ2v) is 3.18. The number of hydrogen-bond acceptors (Lipinski definition) is 3. The maximum Gasteiger partial charge on any atom is 0.253 e. The van der Waals surface area contributed by atoms with E-state index >= 15 is 0 Å². The highest BCUT2D eigenvalue weighted by atomic mass is 16.3. The number of aliphatic hydroxyl groups is 2. The minimum Gasteiger partial charge on any atom is -0.396 e. The summed E-state index contributed by atoms with van der Waals surface area (Å²) in [6, 6.07) is 8.73. The minimum absolute atomic E-state index is 0.0295. The van der Waals surface area contributed by atoms with Gasteiger partial charge in [-0.15, -0.1) is 0 Å². The molecule has 0 saturated carbocycles. The molecule has 1 unspecified atom stereocenters. The first kappa shape index (κ1) is 11.7. The molecule has 0 aliphatic heterocycles. The van der Waals surface area contributed by atoms with Gasteiger partial charge in [-0.2, -0.15) is 0 Å². The SMILES string of the molecule is O=C(NCCCO)C(O)c1ccccc1. The molecule has 0 aliphatic carbocycles. The van der Waals surface area contributed by atoms with Crippen LogP contribution in [-0.4, -0.2) is 29.3 Å². The first-order valence-corrected chi connectivity index (χ1v) is 4.87. The predicted octanol–water partition coefficient (Wildman–Crippen LogP) is 0.219. The summed E-state index contributed by atoms with van der Waals surface area (Å²) in [5.41, 5.74) is 0.569. The van der Waals surface area contributed by atoms with Crippen LogP contribution in [0.2, 0.25) is 0 Å². The van der Waals surface area contributed by atoms with Crippen LogP contribution in [0.15, 0.2) is 30.3 Å². The van der Waals surface area contributed by atoms with Gasteiger partial charge in [0.15, 0.2) is 6.10 Å². The smallest absolute Gasteiger partial charge is 0.253 e.